The standard InChI is InChI=1S/C11H13BrN2O4/c1-17-10(15)4-5-13-11(16)18-7-9-3-2-8(12)6-14-9/h2-3,6H,4-5,7H2,1H3,(H,13,16). The minimum absolute atomic E-state index is 0.0807. The van der Waals surface area contributed by atoms with Gasteiger partial charge in [0.2, 0.25) is 0 Å². The molecule has 6 nitrogen and oxygen atoms in total. The highest BCUT2D eigenvalue weighted by atomic mass is 79.9. The summed E-state index contributed by atoms with van der Waals surface area (Å²) >= 11 is 3.25. The van der Waals surface area contributed by atoms with E-state index in [9.17, 15) is 9.59 Å². The van der Waals surface area contributed by atoms with Gasteiger partial charge < -0.3 is 14.8 Å². The molecule has 1 rings (SSSR count). The van der Waals surface area contributed by atoms with Gasteiger partial charge in [0.05, 0.1) is 19.2 Å². The van der Waals surface area contributed by atoms with Crippen molar-refractivity contribution >= 4 is 28.0 Å². The summed E-state index contributed by atoms with van der Waals surface area (Å²) in [6, 6.07) is 3.55. The molecule has 0 atom stereocenters. The summed E-state index contributed by atoms with van der Waals surface area (Å²) in [5.41, 5.74) is 0.640. The molecule has 1 amide bonds. The van der Waals surface area contributed by atoms with Crippen molar-refractivity contribution in [1.29, 1.82) is 0 Å². The highest BCUT2D eigenvalue weighted by Gasteiger charge is 2.05. The third kappa shape index (κ3) is 5.62. The van der Waals surface area contributed by atoms with Gasteiger partial charge in [-0.2, -0.15) is 0 Å². The number of methoxy groups -OCH3 is 1. The van der Waals surface area contributed by atoms with E-state index in [1.54, 1.807) is 18.3 Å². The third-order valence-corrected chi connectivity index (χ3v) is 2.44. The second kappa shape index (κ2) is 7.65. The number of carbonyl (C=O) groups excluding carboxylic acids is 2. The molecule has 1 heterocycles. The summed E-state index contributed by atoms with van der Waals surface area (Å²) in [4.78, 5) is 26.1. The van der Waals surface area contributed by atoms with Gasteiger partial charge in [-0.3, -0.25) is 9.78 Å². The van der Waals surface area contributed by atoms with E-state index in [-0.39, 0.29) is 25.5 Å². The van der Waals surface area contributed by atoms with Crippen LogP contribution in [0.15, 0.2) is 22.8 Å². The molecule has 0 radical (unpaired) electrons. The van der Waals surface area contributed by atoms with Crippen LogP contribution in [0.4, 0.5) is 4.79 Å². The number of rotatable bonds is 5. The number of nitrogens with zero attached hydrogens (tertiary/aromatic N) is 1. The number of hydrogen-bond donors (Lipinski definition) is 1. The van der Waals surface area contributed by atoms with Crippen LogP contribution >= 0.6 is 15.9 Å². The first-order chi connectivity index (χ1) is 8.61. The smallest absolute Gasteiger partial charge is 0.407 e. The van der Waals surface area contributed by atoms with Crippen LogP contribution < -0.4 is 5.32 Å². The highest BCUT2D eigenvalue weighted by molar-refractivity contribution is 9.10. The maximum absolute atomic E-state index is 11.2. The Labute approximate surface area is 113 Å². The molecule has 1 aromatic rings. The molecule has 0 aliphatic rings. The lowest BCUT2D eigenvalue weighted by Gasteiger charge is -2.06. The van der Waals surface area contributed by atoms with Crippen molar-refractivity contribution in [2.75, 3.05) is 13.7 Å². The van der Waals surface area contributed by atoms with Gasteiger partial charge in [-0.05, 0) is 28.1 Å². The summed E-state index contributed by atoms with van der Waals surface area (Å²) in [6.45, 7) is 0.261. The molecule has 0 spiro atoms. The molecule has 1 aromatic heterocycles. The number of pyridine rings is 1. The summed E-state index contributed by atoms with van der Waals surface area (Å²) in [7, 11) is 1.29. The molecule has 0 unspecified atom stereocenters. The molecule has 7 heteroatoms. The van der Waals surface area contributed by atoms with Crippen molar-refractivity contribution in [2.45, 2.75) is 13.0 Å². The van der Waals surface area contributed by atoms with Crippen molar-refractivity contribution in [3.05, 3.63) is 28.5 Å². The van der Waals surface area contributed by atoms with E-state index in [1.807, 2.05) is 0 Å². The average molecular weight is 317 g/mol. The number of aromatic nitrogens is 1. The Balaban J connectivity index is 2.21. The fourth-order valence-corrected chi connectivity index (χ4v) is 1.29. The Morgan fingerprint density at radius 2 is 2.22 bits per heavy atom. The lowest BCUT2D eigenvalue weighted by atomic mass is 10.4. The van der Waals surface area contributed by atoms with Crippen LogP contribution in [0.5, 0.6) is 0 Å². The van der Waals surface area contributed by atoms with Crippen molar-refractivity contribution in [2.24, 2.45) is 0 Å². The fraction of sp³-hybridized carbons (Fsp3) is 0.364. The van der Waals surface area contributed by atoms with E-state index in [4.69, 9.17) is 4.74 Å². The van der Waals surface area contributed by atoms with Gasteiger partial charge in [-0.15, -0.1) is 0 Å². The number of halogens is 1. The van der Waals surface area contributed by atoms with Crippen molar-refractivity contribution < 1.29 is 19.1 Å². The minimum atomic E-state index is -0.594. The van der Waals surface area contributed by atoms with E-state index in [2.05, 4.69) is 31.0 Å². The van der Waals surface area contributed by atoms with E-state index < -0.39 is 6.09 Å². The number of alkyl carbamates (subject to hydrolysis) is 1. The van der Waals surface area contributed by atoms with Gasteiger partial charge in [0.25, 0.3) is 0 Å². The first-order valence-corrected chi connectivity index (χ1v) is 5.99. The first-order valence-electron chi connectivity index (χ1n) is 5.19. The predicted octanol–water partition coefficient (Wildman–Crippen LogP) is 1.63. The molecule has 0 bridgehead atoms. The molecular weight excluding hydrogens is 304 g/mol. The first kappa shape index (κ1) is 14.4. The SMILES string of the molecule is COC(=O)CCNC(=O)OCc1ccc(Br)cn1. The summed E-state index contributed by atoms with van der Waals surface area (Å²) < 4.78 is 10.2. The maximum Gasteiger partial charge on any atom is 0.407 e. The molecule has 98 valence electrons. The number of carbonyl (C=O) groups is 2. The zero-order valence-corrected chi connectivity index (χ0v) is 11.4. The van der Waals surface area contributed by atoms with Crippen molar-refractivity contribution in [3.8, 4) is 0 Å². The van der Waals surface area contributed by atoms with E-state index in [0.717, 1.165) is 4.47 Å². The molecule has 0 saturated carbocycles. The second-order valence-electron chi connectivity index (χ2n) is 3.30. The van der Waals surface area contributed by atoms with E-state index in [0.29, 0.717) is 5.69 Å². The van der Waals surface area contributed by atoms with Crippen molar-refractivity contribution in [3.63, 3.8) is 0 Å². The zero-order chi connectivity index (χ0) is 13.4. The lowest BCUT2D eigenvalue weighted by molar-refractivity contribution is -0.140. The van der Waals surface area contributed by atoms with Crippen LogP contribution in [0.2, 0.25) is 0 Å². The van der Waals surface area contributed by atoms with Gasteiger partial charge >= 0.3 is 12.1 Å². The number of hydrogen-bond acceptors (Lipinski definition) is 5. The molecule has 18 heavy (non-hydrogen) atoms. The Kier molecular flexibility index (Phi) is 6.13. The van der Waals surface area contributed by atoms with Crippen molar-refractivity contribution in [1.82, 2.24) is 10.3 Å². The molecule has 0 aliphatic carbocycles. The van der Waals surface area contributed by atoms with Gasteiger partial charge in [-0.1, -0.05) is 0 Å². The number of amides is 1. The molecule has 0 saturated heterocycles. The Hall–Kier alpha value is -1.63. The van der Waals surface area contributed by atoms with E-state index in [1.165, 1.54) is 7.11 Å². The third-order valence-electron chi connectivity index (χ3n) is 1.97. The normalized spacial score (nSPS) is 9.67. The van der Waals surface area contributed by atoms with Gasteiger partial charge in [0.1, 0.15) is 6.61 Å². The van der Waals surface area contributed by atoms with Gasteiger partial charge in [0.15, 0.2) is 0 Å². The summed E-state index contributed by atoms with van der Waals surface area (Å²) in [5, 5.41) is 2.43. The summed E-state index contributed by atoms with van der Waals surface area (Å²) in [5.74, 6) is -0.384. The van der Waals surface area contributed by atoms with Crippen LogP contribution in [0.3, 0.4) is 0 Å². The Bertz CT molecular complexity index is 408. The van der Waals surface area contributed by atoms with Crippen LogP contribution in [-0.4, -0.2) is 30.7 Å². The lowest BCUT2D eigenvalue weighted by Crippen LogP contribution is -2.27. The maximum atomic E-state index is 11.2. The Morgan fingerprint density at radius 1 is 1.44 bits per heavy atom. The fourth-order valence-electron chi connectivity index (χ4n) is 1.05. The zero-order valence-electron chi connectivity index (χ0n) is 9.81. The Morgan fingerprint density at radius 3 is 2.83 bits per heavy atom. The topological polar surface area (TPSA) is 77.5 Å². The highest BCUT2D eigenvalue weighted by Crippen LogP contribution is 2.07. The average Bonchev–Trinajstić information content (AvgIpc) is 2.38. The van der Waals surface area contributed by atoms with Crippen LogP contribution in [0.25, 0.3) is 0 Å². The van der Waals surface area contributed by atoms with E-state index >= 15 is 0 Å². The predicted molar refractivity (Wildman–Crippen MR) is 66.8 cm³/mol. The van der Waals surface area contributed by atoms with Gasteiger partial charge in [-0.25, -0.2) is 4.79 Å². The number of nitrogens with one attached hydrogen (secondary N) is 1. The molecule has 0 fully saturated rings. The van der Waals surface area contributed by atoms with Gasteiger partial charge in [0, 0.05) is 17.2 Å². The van der Waals surface area contributed by atoms with Crippen LogP contribution in [0, 0.1) is 0 Å². The molecule has 0 aliphatic heterocycles. The minimum Gasteiger partial charge on any atom is -0.469 e. The number of esters is 1. The van der Waals surface area contributed by atoms with Crippen LogP contribution in [-0.2, 0) is 20.9 Å². The van der Waals surface area contributed by atoms with Crippen LogP contribution in [0.1, 0.15) is 12.1 Å². The monoisotopic (exact) mass is 316 g/mol. The molecule has 1 N–H and O–H groups in total. The summed E-state index contributed by atoms with van der Waals surface area (Å²) in [6.07, 6.45) is 1.14. The molecular formula is C11H13BrN2O4. The molecule has 0 aromatic carbocycles. The quantitative estimate of drug-likeness (QED) is 0.835. The largest absolute Gasteiger partial charge is 0.469 e. The second-order valence-corrected chi connectivity index (χ2v) is 4.21. The number of ether oxygens (including phenoxy) is 2.